The summed E-state index contributed by atoms with van der Waals surface area (Å²) in [7, 11) is -2.30. The number of benzene rings is 3. The fourth-order valence-corrected chi connectivity index (χ4v) is 6.52. The van der Waals surface area contributed by atoms with E-state index < -0.39 is 28.5 Å². The van der Waals surface area contributed by atoms with Gasteiger partial charge in [0.1, 0.15) is 18.3 Å². The summed E-state index contributed by atoms with van der Waals surface area (Å²) >= 11 is 6.13. The Morgan fingerprint density at radius 2 is 1.69 bits per heavy atom. The number of methoxy groups -OCH3 is 1. The molecule has 4 rings (SSSR count). The van der Waals surface area contributed by atoms with Crippen LogP contribution in [0.25, 0.3) is 0 Å². The molecule has 0 spiro atoms. The summed E-state index contributed by atoms with van der Waals surface area (Å²) in [5.41, 5.74) is 2.61. The minimum atomic E-state index is -3.87. The number of ether oxygens (including phenoxy) is 1. The largest absolute Gasteiger partial charge is 0.497 e. The van der Waals surface area contributed by atoms with E-state index in [1.807, 2.05) is 48.5 Å². The van der Waals surface area contributed by atoms with Crippen LogP contribution in [-0.2, 0) is 32.6 Å². The number of nitrogens with one attached hydrogen (secondary N) is 1. The highest BCUT2D eigenvalue weighted by molar-refractivity contribution is 7.92. The minimum absolute atomic E-state index is 0.0498. The fourth-order valence-electron chi connectivity index (χ4n) is 5.38. The summed E-state index contributed by atoms with van der Waals surface area (Å²) in [6.07, 6.45) is 5.22. The van der Waals surface area contributed by atoms with Gasteiger partial charge in [-0.15, -0.1) is 0 Å². The van der Waals surface area contributed by atoms with Crippen LogP contribution in [0, 0.1) is 6.92 Å². The standard InChI is InChI=1S/C32H38ClN3O5S/c1-23-18-26(33)16-17-29(23)36(42(3,39)40)22-31(37)35(21-25-12-9-15-28(19-25)41-2)30(20-24-10-5-4-6-11-24)32(38)34-27-13-7-8-14-27/h4-6,9-12,15-19,27,30H,7-8,13-14,20-22H2,1-3H3,(H,34,38)/t30-/m1/s1. The lowest BCUT2D eigenvalue weighted by Crippen LogP contribution is -2.54. The maximum absolute atomic E-state index is 14.3. The Labute approximate surface area is 253 Å². The van der Waals surface area contributed by atoms with E-state index in [-0.39, 0.29) is 24.9 Å². The second kappa shape index (κ2) is 14.1. The molecule has 0 aromatic heterocycles. The zero-order chi connectivity index (χ0) is 30.3. The monoisotopic (exact) mass is 611 g/mol. The predicted molar refractivity (Wildman–Crippen MR) is 166 cm³/mol. The third-order valence-corrected chi connectivity index (χ3v) is 8.93. The highest BCUT2D eigenvalue weighted by Gasteiger charge is 2.34. The van der Waals surface area contributed by atoms with E-state index >= 15 is 0 Å². The van der Waals surface area contributed by atoms with Crippen molar-refractivity contribution >= 4 is 39.1 Å². The Morgan fingerprint density at radius 1 is 1.00 bits per heavy atom. The van der Waals surface area contributed by atoms with Crippen molar-refractivity contribution < 1.29 is 22.7 Å². The predicted octanol–water partition coefficient (Wildman–Crippen LogP) is 5.12. The lowest BCUT2D eigenvalue weighted by Gasteiger charge is -2.34. The lowest BCUT2D eigenvalue weighted by molar-refractivity contribution is -0.140. The van der Waals surface area contributed by atoms with Crippen molar-refractivity contribution in [3.8, 4) is 5.75 Å². The second-order valence-electron chi connectivity index (χ2n) is 10.8. The highest BCUT2D eigenvalue weighted by Crippen LogP contribution is 2.27. The highest BCUT2D eigenvalue weighted by atomic mass is 35.5. The molecule has 42 heavy (non-hydrogen) atoms. The lowest BCUT2D eigenvalue weighted by atomic mass is 10.0. The van der Waals surface area contributed by atoms with Crippen molar-refractivity contribution in [2.75, 3.05) is 24.2 Å². The molecule has 1 N–H and O–H groups in total. The van der Waals surface area contributed by atoms with Gasteiger partial charge in [0.2, 0.25) is 21.8 Å². The first-order chi connectivity index (χ1) is 20.0. The van der Waals surface area contributed by atoms with Gasteiger partial charge in [-0.2, -0.15) is 0 Å². The third kappa shape index (κ3) is 8.26. The van der Waals surface area contributed by atoms with E-state index in [9.17, 15) is 18.0 Å². The number of sulfonamides is 1. The number of aryl methyl sites for hydroxylation is 1. The smallest absolute Gasteiger partial charge is 0.244 e. The van der Waals surface area contributed by atoms with E-state index in [0.717, 1.165) is 47.4 Å². The fraction of sp³-hybridized carbons (Fsp3) is 0.375. The van der Waals surface area contributed by atoms with Crippen molar-refractivity contribution in [3.05, 3.63) is 94.5 Å². The maximum Gasteiger partial charge on any atom is 0.244 e. The number of halogens is 1. The number of nitrogens with zero attached hydrogens (tertiary/aromatic N) is 2. The molecule has 1 saturated carbocycles. The van der Waals surface area contributed by atoms with Gasteiger partial charge in [0.15, 0.2) is 0 Å². The molecule has 224 valence electrons. The van der Waals surface area contributed by atoms with Gasteiger partial charge in [-0.3, -0.25) is 13.9 Å². The molecule has 0 bridgehead atoms. The number of anilines is 1. The van der Waals surface area contributed by atoms with E-state index in [1.165, 1.54) is 4.90 Å². The zero-order valence-electron chi connectivity index (χ0n) is 24.3. The SMILES string of the molecule is COc1cccc(CN(C(=O)CN(c2ccc(Cl)cc2C)S(C)(=O)=O)[C@H](Cc2ccccc2)C(=O)NC2CCCC2)c1. The molecule has 3 aromatic carbocycles. The van der Waals surface area contributed by atoms with Crippen LogP contribution in [0.1, 0.15) is 42.4 Å². The first-order valence-corrected chi connectivity index (χ1v) is 16.3. The zero-order valence-corrected chi connectivity index (χ0v) is 25.8. The Bertz CT molecular complexity index is 1490. The summed E-state index contributed by atoms with van der Waals surface area (Å²) in [4.78, 5) is 29.7. The van der Waals surface area contributed by atoms with E-state index in [1.54, 1.807) is 38.3 Å². The van der Waals surface area contributed by atoms with Crippen molar-refractivity contribution in [1.29, 1.82) is 0 Å². The summed E-state index contributed by atoms with van der Waals surface area (Å²) < 4.78 is 32.5. The molecular weight excluding hydrogens is 574 g/mol. The second-order valence-corrected chi connectivity index (χ2v) is 13.1. The first-order valence-electron chi connectivity index (χ1n) is 14.1. The van der Waals surface area contributed by atoms with Crippen LogP contribution in [0.3, 0.4) is 0 Å². The molecule has 0 radical (unpaired) electrons. The molecule has 1 atom stereocenters. The summed E-state index contributed by atoms with van der Waals surface area (Å²) in [6.45, 7) is 1.35. The first kappa shape index (κ1) is 31.4. The van der Waals surface area contributed by atoms with Crippen molar-refractivity contribution in [2.45, 2.75) is 57.7 Å². The number of amides is 2. The van der Waals surface area contributed by atoms with Crippen molar-refractivity contribution in [3.63, 3.8) is 0 Å². The normalized spacial score (nSPS) is 14.3. The summed E-state index contributed by atoms with van der Waals surface area (Å²) in [6, 6.07) is 20.8. The Morgan fingerprint density at radius 3 is 2.33 bits per heavy atom. The van der Waals surface area contributed by atoms with E-state index in [0.29, 0.717) is 22.0 Å². The van der Waals surface area contributed by atoms with Crippen LogP contribution in [0.4, 0.5) is 5.69 Å². The molecule has 10 heteroatoms. The van der Waals surface area contributed by atoms with Crippen molar-refractivity contribution in [1.82, 2.24) is 10.2 Å². The van der Waals surface area contributed by atoms with E-state index in [4.69, 9.17) is 16.3 Å². The molecule has 1 aliphatic rings. The van der Waals surface area contributed by atoms with E-state index in [2.05, 4.69) is 5.32 Å². The van der Waals surface area contributed by atoms with Crippen LogP contribution in [0.2, 0.25) is 5.02 Å². The number of carbonyl (C=O) groups is 2. The number of hydrogen-bond donors (Lipinski definition) is 1. The molecule has 0 heterocycles. The molecule has 0 aliphatic heterocycles. The van der Waals surface area contributed by atoms with Gasteiger partial charge in [-0.25, -0.2) is 8.42 Å². The molecular formula is C32H38ClN3O5S. The van der Waals surface area contributed by atoms with Crippen LogP contribution in [0.5, 0.6) is 5.75 Å². The van der Waals surface area contributed by atoms with Gasteiger partial charge in [0.25, 0.3) is 0 Å². The van der Waals surface area contributed by atoms with Crippen LogP contribution < -0.4 is 14.4 Å². The van der Waals surface area contributed by atoms with Crippen LogP contribution in [0.15, 0.2) is 72.8 Å². The quantitative estimate of drug-likeness (QED) is 0.307. The molecule has 0 unspecified atom stereocenters. The Balaban J connectivity index is 1.75. The van der Waals surface area contributed by atoms with Crippen LogP contribution in [-0.4, -0.2) is 57.1 Å². The maximum atomic E-state index is 14.3. The molecule has 2 amide bonds. The molecule has 3 aromatic rings. The molecule has 1 fully saturated rings. The van der Waals surface area contributed by atoms with Gasteiger partial charge in [-0.05, 0) is 66.8 Å². The Kier molecular flexibility index (Phi) is 10.5. The average molecular weight is 612 g/mol. The summed E-state index contributed by atoms with van der Waals surface area (Å²) in [5.74, 6) is -0.139. The molecule has 1 aliphatic carbocycles. The number of hydrogen-bond acceptors (Lipinski definition) is 5. The molecule has 8 nitrogen and oxygen atoms in total. The van der Waals surface area contributed by atoms with Crippen LogP contribution >= 0.6 is 11.6 Å². The van der Waals surface area contributed by atoms with Gasteiger partial charge >= 0.3 is 0 Å². The minimum Gasteiger partial charge on any atom is -0.497 e. The number of rotatable bonds is 12. The average Bonchev–Trinajstić information content (AvgIpc) is 3.47. The topological polar surface area (TPSA) is 96.0 Å². The van der Waals surface area contributed by atoms with Gasteiger partial charge in [0.05, 0.1) is 19.1 Å². The Hall–Kier alpha value is -3.56. The van der Waals surface area contributed by atoms with Crippen molar-refractivity contribution in [2.24, 2.45) is 0 Å². The number of carbonyl (C=O) groups excluding carboxylic acids is 2. The van der Waals surface area contributed by atoms with Gasteiger partial charge in [0, 0.05) is 24.0 Å². The van der Waals surface area contributed by atoms with Gasteiger partial charge < -0.3 is 15.0 Å². The summed E-state index contributed by atoms with van der Waals surface area (Å²) in [5, 5.41) is 3.63. The molecule has 0 saturated heterocycles. The van der Waals surface area contributed by atoms with Gasteiger partial charge in [-0.1, -0.05) is 66.9 Å². The third-order valence-electron chi connectivity index (χ3n) is 7.57.